The molecule has 0 saturated carbocycles. The first kappa shape index (κ1) is 12.8. The standard InChI is InChI=1S/C14H20O2/c1-3-5-10-16-14(15)13-9-6-8-12(11-13)7-4-2/h6,8-9,11H,3-5,7,10H2,1-2H3. The molecule has 0 heterocycles. The van der Waals surface area contributed by atoms with E-state index in [-0.39, 0.29) is 5.97 Å². The summed E-state index contributed by atoms with van der Waals surface area (Å²) >= 11 is 0. The molecule has 1 rings (SSSR count). The van der Waals surface area contributed by atoms with Crippen LogP contribution in [0.5, 0.6) is 0 Å². The molecule has 0 N–H and O–H groups in total. The molecule has 1 aromatic rings. The predicted octanol–water partition coefficient (Wildman–Crippen LogP) is 3.60. The van der Waals surface area contributed by atoms with Gasteiger partial charge in [-0.1, -0.05) is 38.8 Å². The first-order valence-corrected chi connectivity index (χ1v) is 6.04. The van der Waals surface area contributed by atoms with Crippen molar-refractivity contribution < 1.29 is 9.53 Å². The molecule has 0 radical (unpaired) electrons. The summed E-state index contributed by atoms with van der Waals surface area (Å²) < 4.78 is 5.16. The molecule has 0 bridgehead atoms. The van der Waals surface area contributed by atoms with Crippen LogP contribution in [0.1, 0.15) is 49.0 Å². The average Bonchev–Trinajstić information content (AvgIpc) is 2.30. The molecule has 2 nitrogen and oxygen atoms in total. The monoisotopic (exact) mass is 220 g/mol. The Kier molecular flexibility index (Phi) is 5.62. The van der Waals surface area contributed by atoms with Crippen LogP contribution in [0.2, 0.25) is 0 Å². The van der Waals surface area contributed by atoms with E-state index in [4.69, 9.17) is 4.74 Å². The number of rotatable bonds is 6. The van der Waals surface area contributed by atoms with Gasteiger partial charge in [0.2, 0.25) is 0 Å². The zero-order valence-electron chi connectivity index (χ0n) is 10.2. The lowest BCUT2D eigenvalue weighted by Gasteiger charge is -2.05. The second-order valence-corrected chi connectivity index (χ2v) is 3.94. The van der Waals surface area contributed by atoms with Crippen molar-refractivity contribution in [2.24, 2.45) is 0 Å². The lowest BCUT2D eigenvalue weighted by atomic mass is 10.1. The van der Waals surface area contributed by atoms with Crippen molar-refractivity contribution in [2.75, 3.05) is 6.61 Å². The predicted molar refractivity (Wildman–Crippen MR) is 65.6 cm³/mol. The highest BCUT2D eigenvalue weighted by molar-refractivity contribution is 5.89. The van der Waals surface area contributed by atoms with Gasteiger partial charge < -0.3 is 4.74 Å². The van der Waals surface area contributed by atoms with E-state index < -0.39 is 0 Å². The molecule has 2 heteroatoms. The molecule has 0 aliphatic carbocycles. The molecule has 1 aromatic carbocycles. The van der Waals surface area contributed by atoms with Crippen molar-refractivity contribution in [1.82, 2.24) is 0 Å². The first-order chi connectivity index (χ1) is 7.77. The topological polar surface area (TPSA) is 26.3 Å². The van der Waals surface area contributed by atoms with Crippen LogP contribution in [0.15, 0.2) is 24.3 Å². The summed E-state index contributed by atoms with van der Waals surface area (Å²) in [5, 5.41) is 0. The lowest BCUT2D eigenvalue weighted by molar-refractivity contribution is 0.0499. The van der Waals surface area contributed by atoms with E-state index in [1.54, 1.807) is 0 Å². The van der Waals surface area contributed by atoms with Crippen LogP contribution in [0.4, 0.5) is 0 Å². The SMILES string of the molecule is CCCCOC(=O)c1cccc(CCC)c1. The summed E-state index contributed by atoms with van der Waals surface area (Å²) in [6, 6.07) is 7.71. The largest absolute Gasteiger partial charge is 0.462 e. The molecule has 0 saturated heterocycles. The quantitative estimate of drug-likeness (QED) is 0.541. The number of carbonyl (C=O) groups is 1. The maximum Gasteiger partial charge on any atom is 0.338 e. The van der Waals surface area contributed by atoms with Crippen molar-refractivity contribution >= 4 is 5.97 Å². The van der Waals surface area contributed by atoms with Gasteiger partial charge in [0.15, 0.2) is 0 Å². The number of hydrogen-bond donors (Lipinski definition) is 0. The second-order valence-electron chi connectivity index (χ2n) is 3.94. The number of aryl methyl sites for hydroxylation is 1. The summed E-state index contributed by atoms with van der Waals surface area (Å²) in [4.78, 5) is 11.7. The summed E-state index contributed by atoms with van der Waals surface area (Å²) in [6.07, 6.45) is 4.08. The fourth-order valence-electron chi connectivity index (χ4n) is 1.54. The van der Waals surface area contributed by atoms with Gasteiger partial charge in [-0.2, -0.15) is 0 Å². The summed E-state index contributed by atoms with van der Waals surface area (Å²) in [5.41, 5.74) is 1.87. The van der Waals surface area contributed by atoms with Crippen LogP contribution in [-0.2, 0) is 11.2 Å². The van der Waals surface area contributed by atoms with Crippen LogP contribution < -0.4 is 0 Å². The molecule has 0 atom stereocenters. The van der Waals surface area contributed by atoms with Crippen molar-refractivity contribution in [1.29, 1.82) is 0 Å². The molecule has 0 fully saturated rings. The number of hydrogen-bond acceptors (Lipinski definition) is 2. The van der Waals surface area contributed by atoms with E-state index in [1.807, 2.05) is 24.3 Å². The number of benzene rings is 1. The maximum absolute atomic E-state index is 11.7. The Labute approximate surface area is 97.6 Å². The van der Waals surface area contributed by atoms with Crippen molar-refractivity contribution in [3.8, 4) is 0 Å². The van der Waals surface area contributed by atoms with E-state index >= 15 is 0 Å². The van der Waals surface area contributed by atoms with E-state index in [0.29, 0.717) is 12.2 Å². The maximum atomic E-state index is 11.7. The van der Waals surface area contributed by atoms with Crippen LogP contribution in [0.25, 0.3) is 0 Å². The highest BCUT2D eigenvalue weighted by Gasteiger charge is 2.06. The highest BCUT2D eigenvalue weighted by atomic mass is 16.5. The third kappa shape index (κ3) is 4.05. The van der Waals surface area contributed by atoms with Crippen molar-refractivity contribution in [3.05, 3.63) is 35.4 Å². The van der Waals surface area contributed by atoms with Crippen LogP contribution in [0, 0.1) is 0 Å². The van der Waals surface area contributed by atoms with E-state index in [0.717, 1.165) is 25.7 Å². The normalized spacial score (nSPS) is 10.1. The molecule has 0 amide bonds. The fourth-order valence-corrected chi connectivity index (χ4v) is 1.54. The zero-order chi connectivity index (χ0) is 11.8. The van der Waals surface area contributed by atoms with Crippen molar-refractivity contribution in [3.63, 3.8) is 0 Å². The highest BCUT2D eigenvalue weighted by Crippen LogP contribution is 2.09. The van der Waals surface area contributed by atoms with E-state index in [2.05, 4.69) is 13.8 Å². The molecule has 0 aliphatic rings. The average molecular weight is 220 g/mol. The summed E-state index contributed by atoms with van der Waals surface area (Å²) in [6.45, 7) is 4.73. The Morgan fingerprint density at radius 1 is 1.25 bits per heavy atom. The van der Waals surface area contributed by atoms with Gasteiger partial charge in [0.25, 0.3) is 0 Å². The van der Waals surface area contributed by atoms with Gasteiger partial charge in [-0.3, -0.25) is 0 Å². The van der Waals surface area contributed by atoms with E-state index in [1.165, 1.54) is 5.56 Å². The Hall–Kier alpha value is -1.31. The Balaban J connectivity index is 2.57. The number of esters is 1. The van der Waals surface area contributed by atoms with Crippen molar-refractivity contribution in [2.45, 2.75) is 39.5 Å². The van der Waals surface area contributed by atoms with Gasteiger partial charge in [-0.25, -0.2) is 4.79 Å². The third-order valence-electron chi connectivity index (χ3n) is 2.43. The van der Waals surface area contributed by atoms with Crippen LogP contribution >= 0.6 is 0 Å². The third-order valence-corrected chi connectivity index (χ3v) is 2.43. The zero-order valence-corrected chi connectivity index (χ0v) is 10.2. The van der Waals surface area contributed by atoms with E-state index in [9.17, 15) is 4.79 Å². The smallest absolute Gasteiger partial charge is 0.338 e. The lowest BCUT2D eigenvalue weighted by Crippen LogP contribution is -2.06. The number of ether oxygens (including phenoxy) is 1. The minimum absolute atomic E-state index is 0.202. The van der Waals surface area contributed by atoms with Gasteiger partial charge >= 0.3 is 5.97 Å². The fraction of sp³-hybridized carbons (Fsp3) is 0.500. The molecule has 0 unspecified atom stereocenters. The summed E-state index contributed by atoms with van der Waals surface area (Å²) in [5.74, 6) is -0.202. The number of carbonyl (C=O) groups excluding carboxylic acids is 1. The second kappa shape index (κ2) is 7.04. The number of unbranched alkanes of at least 4 members (excludes halogenated alkanes) is 1. The molecule has 0 aliphatic heterocycles. The minimum atomic E-state index is -0.202. The van der Waals surface area contributed by atoms with Gasteiger partial charge in [-0.05, 0) is 30.5 Å². The van der Waals surface area contributed by atoms with Gasteiger partial charge in [-0.15, -0.1) is 0 Å². The molecular formula is C14H20O2. The molecule has 88 valence electrons. The van der Waals surface area contributed by atoms with Crippen LogP contribution in [0.3, 0.4) is 0 Å². The first-order valence-electron chi connectivity index (χ1n) is 6.04. The molecule has 16 heavy (non-hydrogen) atoms. The van der Waals surface area contributed by atoms with Gasteiger partial charge in [0, 0.05) is 0 Å². The molecule has 0 aromatic heterocycles. The summed E-state index contributed by atoms with van der Waals surface area (Å²) in [7, 11) is 0. The Morgan fingerprint density at radius 3 is 2.75 bits per heavy atom. The van der Waals surface area contributed by atoms with Gasteiger partial charge in [0.05, 0.1) is 12.2 Å². The minimum Gasteiger partial charge on any atom is -0.462 e. The Bertz CT molecular complexity index is 331. The van der Waals surface area contributed by atoms with Crippen LogP contribution in [-0.4, -0.2) is 12.6 Å². The van der Waals surface area contributed by atoms with Gasteiger partial charge in [0.1, 0.15) is 0 Å². The molecule has 0 spiro atoms. The molecular weight excluding hydrogens is 200 g/mol. The Morgan fingerprint density at radius 2 is 2.06 bits per heavy atom.